The van der Waals surface area contributed by atoms with Crippen LogP contribution in [0, 0.1) is 5.82 Å². The molecule has 3 rings (SSSR count). The van der Waals surface area contributed by atoms with Gasteiger partial charge in [0.25, 0.3) is 0 Å². The number of likely N-dealkylation sites (tertiary alicyclic amines) is 1. The average molecular weight is 306 g/mol. The molecule has 1 aromatic carbocycles. The number of rotatable bonds is 7. The van der Waals surface area contributed by atoms with Crippen molar-refractivity contribution in [1.29, 1.82) is 0 Å². The van der Waals surface area contributed by atoms with Gasteiger partial charge in [0, 0.05) is 38.6 Å². The van der Waals surface area contributed by atoms with E-state index >= 15 is 0 Å². The topological polar surface area (TPSA) is 43.8 Å². The second kappa shape index (κ2) is 6.75. The molecule has 2 fully saturated rings. The molecule has 4 nitrogen and oxygen atoms in total. The lowest BCUT2D eigenvalue weighted by atomic mass is 10.1. The van der Waals surface area contributed by atoms with Crippen molar-refractivity contribution in [2.75, 3.05) is 26.2 Å². The lowest BCUT2D eigenvalue weighted by molar-refractivity contribution is -0.127. The molecular formula is C17H23FN2O2. The number of halogens is 1. The van der Waals surface area contributed by atoms with Crippen LogP contribution in [0.25, 0.3) is 0 Å². The molecule has 1 atom stereocenters. The van der Waals surface area contributed by atoms with Crippen molar-refractivity contribution >= 4 is 5.91 Å². The summed E-state index contributed by atoms with van der Waals surface area (Å²) in [5, 5.41) is 10.4. The zero-order valence-electron chi connectivity index (χ0n) is 12.7. The summed E-state index contributed by atoms with van der Waals surface area (Å²) in [6.07, 6.45) is 3.33. The number of aliphatic hydroxyl groups is 1. The van der Waals surface area contributed by atoms with Crippen LogP contribution in [0.1, 0.15) is 37.4 Å². The molecule has 1 aliphatic carbocycles. The van der Waals surface area contributed by atoms with E-state index in [-0.39, 0.29) is 11.7 Å². The number of hydrogen-bond donors (Lipinski definition) is 1. The molecule has 22 heavy (non-hydrogen) atoms. The highest BCUT2D eigenvalue weighted by Crippen LogP contribution is 2.29. The van der Waals surface area contributed by atoms with Crippen LogP contribution in [0.5, 0.6) is 0 Å². The minimum Gasteiger partial charge on any atom is -0.387 e. The fraction of sp³-hybridized carbons (Fsp3) is 0.588. The first-order chi connectivity index (χ1) is 10.6. The molecular weight excluding hydrogens is 283 g/mol. The Bertz CT molecular complexity index is 516. The standard InChI is InChI=1S/C17H23FN2O2/c18-14-5-3-13(4-6-14)16(21)12-20(15-7-8-15)11-10-19-9-1-2-17(19)22/h3-6,15-16,21H,1-2,7-12H2/t16-/m0/s1. The number of carbonyl (C=O) groups is 1. The van der Waals surface area contributed by atoms with Gasteiger partial charge < -0.3 is 10.0 Å². The van der Waals surface area contributed by atoms with Gasteiger partial charge in [-0.25, -0.2) is 4.39 Å². The third-order valence-electron chi connectivity index (χ3n) is 4.55. The highest BCUT2D eigenvalue weighted by Gasteiger charge is 2.31. The number of hydrogen-bond acceptors (Lipinski definition) is 3. The van der Waals surface area contributed by atoms with E-state index in [2.05, 4.69) is 4.90 Å². The zero-order valence-corrected chi connectivity index (χ0v) is 12.7. The minimum absolute atomic E-state index is 0.245. The molecule has 1 amide bonds. The summed E-state index contributed by atoms with van der Waals surface area (Å²) < 4.78 is 13.0. The largest absolute Gasteiger partial charge is 0.387 e. The van der Waals surface area contributed by atoms with Crippen molar-refractivity contribution in [2.24, 2.45) is 0 Å². The van der Waals surface area contributed by atoms with Crippen molar-refractivity contribution in [3.8, 4) is 0 Å². The van der Waals surface area contributed by atoms with E-state index in [1.54, 1.807) is 12.1 Å². The number of nitrogens with zero attached hydrogens (tertiary/aromatic N) is 2. The van der Waals surface area contributed by atoms with Gasteiger partial charge in [0.2, 0.25) is 5.91 Å². The highest BCUT2D eigenvalue weighted by molar-refractivity contribution is 5.78. The first-order valence-electron chi connectivity index (χ1n) is 8.09. The van der Waals surface area contributed by atoms with E-state index in [0.29, 0.717) is 19.0 Å². The van der Waals surface area contributed by atoms with Gasteiger partial charge >= 0.3 is 0 Å². The lowest BCUT2D eigenvalue weighted by Gasteiger charge is -2.27. The molecule has 1 N–H and O–H groups in total. The van der Waals surface area contributed by atoms with Gasteiger partial charge in [0.05, 0.1) is 6.10 Å². The first-order valence-corrected chi connectivity index (χ1v) is 8.09. The second-order valence-corrected chi connectivity index (χ2v) is 6.28. The van der Waals surface area contributed by atoms with Gasteiger partial charge in [-0.1, -0.05) is 12.1 Å². The monoisotopic (exact) mass is 306 g/mol. The first kappa shape index (κ1) is 15.4. The maximum atomic E-state index is 13.0. The summed E-state index contributed by atoms with van der Waals surface area (Å²) in [6, 6.07) is 6.54. The number of benzene rings is 1. The number of aliphatic hydroxyl groups excluding tert-OH is 1. The molecule has 5 heteroatoms. The van der Waals surface area contributed by atoms with E-state index in [4.69, 9.17) is 0 Å². The molecule has 0 bridgehead atoms. The lowest BCUT2D eigenvalue weighted by Crippen LogP contribution is -2.39. The van der Waals surface area contributed by atoms with E-state index in [9.17, 15) is 14.3 Å². The molecule has 1 aromatic rings. The van der Waals surface area contributed by atoms with E-state index in [0.717, 1.165) is 44.5 Å². The summed E-state index contributed by atoms with van der Waals surface area (Å²) in [4.78, 5) is 15.9. The quantitative estimate of drug-likeness (QED) is 0.837. The Morgan fingerprint density at radius 2 is 2.05 bits per heavy atom. The van der Waals surface area contributed by atoms with Crippen LogP contribution >= 0.6 is 0 Å². The molecule has 0 spiro atoms. The van der Waals surface area contributed by atoms with Gasteiger partial charge in [-0.15, -0.1) is 0 Å². The van der Waals surface area contributed by atoms with Gasteiger partial charge in [0.1, 0.15) is 5.82 Å². The van der Waals surface area contributed by atoms with Crippen LogP contribution in [0.2, 0.25) is 0 Å². The van der Waals surface area contributed by atoms with Crippen LogP contribution in [0.4, 0.5) is 4.39 Å². The third-order valence-corrected chi connectivity index (χ3v) is 4.55. The maximum Gasteiger partial charge on any atom is 0.222 e. The van der Waals surface area contributed by atoms with Crippen molar-refractivity contribution in [1.82, 2.24) is 9.80 Å². The fourth-order valence-electron chi connectivity index (χ4n) is 3.06. The maximum absolute atomic E-state index is 13.0. The van der Waals surface area contributed by atoms with E-state index < -0.39 is 6.10 Å². The summed E-state index contributed by atoms with van der Waals surface area (Å²) in [6.45, 7) is 2.94. The van der Waals surface area contributed by atoms with Gasteiger partial charge in [-0.3, -0.25) is 9.69 Å². The molecule has 0 aromatic heterocycles. The van der Waals surface area contributed by atoms with Gasteiger partial charge in [-0.05, 0) is 37.0 Å². The Balaban J connectivity index is 1.54. The second-order valence-electron chi connectivity index (χ2n) is 6.28. The zero-order chi connectivity index (χ0) is 15.5. The Morgan fingerprint density at radius 1 is 1.32 bits per heavy atom. The van der Waals surface area contributed by atoms with Crippen LogP contribution in [0.15, 0.2) is 24.3 Å². The Hall–Kier alpha value is -1.46. The van der Waals surface area contributed by atoms with Crippen LogP contribution in [0.3, 0.4) is 0 Å². The predicted molar refractivity (Wildman–Crippen MR) is 81.8 cm³/mol. The summed E-state index contributed by atoms with van der Waals surface area (Å²) >= 11 is 0. The van der Waals surface area contributed by atoms with Crippen LogP contribution < -0.4 is 0 Å². The molecule has 1 aliphatic heterocycles. The molecule has 2 aliphatic rings. The summed E-state index contributed by atoms with van der Waals surface area (Å²) in [5.74, 6) is -0.0441. The highest BCUT2D eigenvalue weighted by atomic mass is 19.1. The SMILES string of the molecule is O=C1CCCN1CCN(C[C@H](O)c1ccc(F)cc1)C1CC1. The average Bonchev–Trinajstić information content (AvgIpc) is 3.27. The Morgan fingerprint density at radius 3 is 2.64 bits per heavy atom. The van der Waals surface area contributed by atoms with Crippen molar-refractivity contribution in [3.63, 3.8) is 0 Å². The number of amides is 1. The van der Waals surface area contributed by atoms with Gasteiger partial charge in [-0.2, -0.15) is 0 Å². The van der Waals surface area contributed by atoms with E-state index in [1.165, 1.54) is 12.1 Å². The minimum atomic E-state index is -0.615. The van der Waals surface area contributed by atoms with Crippen molar-refractivity contribution in [2.45, 2.75) is 37.8 Å². The summed E-state index contributed by atoms with van der Waals surface area (Å²) in [7, 11) is 0. The number of carbonyl (C=O) groups excluding carboxylic acids is 1. The smallest absolute Gasteiger partial charge is 0.222 e. The molecule has 1 saturated carbocycles. The normalized spacial score (nSPS) is 20.0. The van der Waals surface area contributed by atoms with Crippen LogP contribution in [-0.4, -0.2) is 53.0 Å². The molecule has 0 radical (unpaired) electrons. The van der Waals surface area contributed by atoms with Crippen molar-refractivity contribution in [3.05, 3.63) is 35.6 Å². The molecule has 1 saturated heterocycles. The Kier molecular flexibility index (Phi) is 4.74. The Labute approximate surface area is 130 Å². The van der Waals surface area contributed by atoms with Crippen LogP contribution in [-0.2, 0) is 4.79 Å². The third kappa shape index (κ3) is 3.84. The fourth-order valence-corrected chi connectivity index (χ4v) is 3.06. The predicted octanol–water partition coefficient (Wildman–Crippen LogP) is 1.95. The summed E-state index contributed by atoms with van der Waals surface area (Å²) in [5.41, 5.74) is 0.740. The van der Waals surface area contributed by atoms with Gasteiger partial charge in [0.15, 0.2) is 0 Å². The molecule has 0 unspecified atom stereocenters. The van der Waals surface area contributed by atoms with Crippen molar-refractivity contribution < 1.29 is 14.3 Å². The molecule has 1 heterocycles. The molecule has 120 valence electrons. The van der Waals surface area contributed by atoms with E-state index in [1.807, 2.05) is 4.90 Å².